The summed E-state index contributed by atoms with van der Waals surface area (Å²) in [5, 5.41) is 0. The summed E-state index contributed by atoms with van der Waals surface area (Å²) >= 11 is 0. The van der Waals surface area contributed by atoms with Crippen molar-refractivity contribution < 1.29 is 8.78 Å². The smallest absolute Gasteiger partial charge is 0.129 e. The maximum absolute atomic E-state index is 13.6. The van der Waals surface area contributed by atoms with E-state index in [0.29, 0.717) is 6.42 Å². The summed E-state index contributed by atoms with van der Waals surface area (Å²) in [6.07, 6.45) is 0.828. The molecule has 0 radical (unpaired) electrons. The second-order valence-electron chi connectivity index (χ2n) is 4.46. The number of benzene rings is 2. The largest absolute Gasteiger partial charge is 0.271 e. The zero-order valence-corrected chi connectivity index (χ0v) is 10.4. The average molecular weight is 262 g/mol. The van der Waals surface area contributed by atoms with Crippen molar-refractivity contribution in [3.63, 3.8) is 0 Å². The Hall–Kier alpha value is -1.78. The fourth-order valence-corrected chi connectivity index (χ4v) is 2.06. The molecule has 4 heteroatoms. The third-order valence-corrected chi connectivity index (χ3v) is 3.07. The SMILES string of the molecule is NNC(Cc1ccccc1)Cc1c(F)cccc1F. The van der Waals surface area contributed by atoms with Gasteiger partial charge >= 0.3 is 0 Å². The third kappa shape index (κ3) is 3.59. The molecule has 0 aromatic heterocycles. The van der Waals surface area contributed by atoms with E-state index in [2.05, 4.69) is 5.43 Å². The van der Waals surface area contributed by atoms with Crippen molar-refractivity contribution in [2.24, 2.45) is 5.84 Å². The number of halogens is 2. The van der Waals surface area contributed by atoms with Crippen LogP contribution < -0.4 is 11.3 Å². The summed E-state index contributed by atoms with van der Waals surface area (Å²) in [6.45, 7) is 0. The standard InChI is InChI=1S/C15H16F2N2/c16-14-7-4-8-15(17)13(14)10-12(19-18)9-11-5-2-1-3-6-11/h1-8,12,19H,9-10,18H2. The van der Waals surface area contributed by atoms with Crippen LogP contribution in [0, 0.1) is 11.6 Å². The molecular weight excluding hydrogens is 246 g/mol. The van der Waals surface area contributed by atoms with Crippen LogP contribution >= 0.6 is 0 Å². The molecule has 2 aromatic rings. The molecule has 100 valence electrons. The molecule has 2 aromatic carbocycles. The van der Waals surface area contributed by atoms with Crippen LogP contribution in [0.15, 0.2) is 48.5 Å². The molecule has 1 unspecified atom stereocenters. The minimum atomic E-state index is -0.534. The van der Waals surface area contributed by atoms with Gasteiger partial charge in [0.1, 0.15) is 11.6 Å². The van der Waals surface area contributed by atoms with Crippen LogP contribution in [-0.2, 0) is 12.8 Å². The van der Waals surface area contributed by atoms with Crippen LogP contribution in [0.1, 0.15) is 11.1 Å². The molecule has 0 saturated carbocycles. The maximum Gasteiger partial charge on any atom is 0.129 e. The summed E-state index contributed by atoms with van der Waals surface area (Å²) in [6, 6.07) is 13.3. The monoisotopic (exact) mass is 262 g/mol. The van der Waals surface area contributed by atoms with Gasteiger partial charge in [-0.2, -0.15) is 0 Å². The van der Waals surface area contributed by atoms with E-state index < -0.39 is 11.6 Å². The highest BCUT2D eigenvalue weighted by Gasteiger charge is 2.15. The molecule has 19 heavy (non-hydrogen) atoms. The van der Waals surface area contributed by atoms with Gasteiger partial charge in [-0.1, -0.05) is 36.4 Å². The van der Waals surface area contributed by atoms with Crippen molar-refractivity contribution in [3.05, 3.63) is 71.3 Å². The molecular formula is C15H16F2N2. The third-order valence-electron chi connectivity index (χ3n) is 3.07. The van der Waals surface area contributed by atoms with Crippen LogP contribution in [0.2, 0.25) is 0 Å². The number of hydrazine groups is 1. The fourth-order valence-electron chi connectivity index (χ4n) is 2.06. The molecule has 1 atom stereocenters. The highest BCUT2D eigenvalue weighted by Crippen LogP contribution is 2.15. The van der Waals surface area contributed by atoms with E-state index in [9.17, 15) is 8.78 Å². The van der Waals surface area contributed by atoms with Crippen molar-refractivity contribution in [2.75, 3.05) is 0 Å². The summed E-state index contributed by atoms with van der Waals surface area (Å²) < 4.78 is 27.2. The van der Waals surface area contributed by atoms with Crippen molar-refractivity contribution in [3.8, 4) is 0 Å². The first-order chi connectivity index (χ1) is 9.20. The van der Waals surface area contributed by atoms with Crippen LogP contribution in [-0.4, -0.2) is 6.04 Å². The summed E-state index contributed by atoms with van der Waals surface area (Å²) in [4.78, 5) is 0. The molecule has 0 saturated heterocycles. The van der Waals surface area contributed by atoms with Gasteiger partial charge in [-0.3, -0.25) is 11.3 Å². The Kier molecular flexibility index (Phi) is 4.60. The molecule has 3 N–H and O–H groups in total. The van der Waals surface area contributed by atoms with E-state index in [4.69, 9.17) is 5.84 Å². The van der Waals surface area contributed by atoms with E-state index in [1.807, 2.05) is 30.3 Å². The van der Waals surface area contributed by atoms with E-state index in [1.54, 1.807) is 0 Å². The van der Waals surface area contributed by atoms with Crippen molar-refractivity contribution in [2.45, 2.75) is 18.9 Å². The Morgan fingerprint density at radius 3 is 2.11 bits per heavy atom. The lowest BCUT2D eigenvalue weighted by Crippen LogP contribution is -2.38. The average Bonchev–Trinajstić information content (AvgIpc) is 2.43. The molecule has 0 fully saturated rings. The highest BCUT2D eigenvalue weighted by molar-refractivity contribution is 5.22. The highest BCUT2D eigenvalue weighted by atomic mass is 19.1. The molecule has 0 spiro atoms. The maximum atomic E-state index is 13.6. The Labute approximate surface area is 111 Å². The Bertz CT molecular complexity index is 509. The van der Waals surface area contributed by atoms with Gasteiger partial charge in [-0.15, -0.1) is 0 Å². The topological polar surface area (TPSA) is 38.0 Å². The van der Waals surface area contributed by atoms with Gasteiger partial charge in [0.25, 0.3) is 0 Å². The lowest BCUT2D eigenvalue weighted by Gasteiger charge is -2.16. The molecule has 0 amide bonds. The van der Waals surface area contributed by atoms with Gasteiger partial charge in [-0.25, -0.2) is 8.78 Å². The Balaban J connectivity index is 2.11. The van der Waals surface area contributed by atoms with Crippen molar-refractivity contribution in [1.82, 2.24) is 5.43 Å². The minimum absolute atomic E-state index is 0.0707. The van der Waals surface area contributed by atoms with E-state index in [1.165, 1.54) is 18.2 Å². The molecule has 0 aliphatic heterocycles. The lowest BCUT2D eigenvalue weighted by atomic mass is 9.99. The first-order valence-corrected chi connectivity index (χ1v) is 6.13. The van der Waals surface area contributed by atoms with Gasteiger partial charge in [-0.05, 0) is 30.5 Å². The number of hydrogen-bond donors (Lipinski definition) is 2. The minimum Gasteiger partial charge on any atom is -0.271 e. The second kappa shape index (κ2) is 6.41. The summed E-state index contributed by atoms with van der Waals surface area (Å²) in [7, 11) is 0. The van der Waals surface area contributed by atoms with Crippen LogP contribution in [0.4, 0.5) is 8.78 Å². The molecule has 2 nitrogen and oxygen atoms in total. The molecule has 0 heterocycles. The molecule has 0 aliphatic carbocycles. The molecule has 2 rings (SSSR count). The van der Waals surface area contributed by atoms with E-state index in [-0.39, 0.29) is 18.0 Å². The predicted molar refractivity (Wildman–Crippen MR) is 71.3 cm³/mol. The Morgan fingerprint density at radius 2 is 1.53 bits per heavy atom. The number of nitrogens with one attached hydrogen (secondary N) is 1. The number of nitrogens with two attached hydrogens (primary N) is 1. The van der Waals surface area contributed by atoms with Gasteiger partial charge in [0.05, 0.1) is 0 Å². The zero-order valence-electron chi connectivity index (χ0n) is 10.4. The number of rotatable bonds is 5. The quantitative estimate of drug-likeness (QED) is 0.642. The Morgan fingerprint density at radius 1 is 0.895 bits per heavy atom. The first-order valence-electron chi connectivity index (χ1n) is 6.13. The number of hydrogen-bond acceptors (Lipinski definition) is 2. The van der Waals surface area contributed by atoms with Gasteiger partial charge in [0.2, 0.25) is 0 Å². The second-order valence-corrected chi connectivity index (χ2v) is 4.46. The van der Waals surface area contributed by atoms with Crippen LogP contribution in [0.5, 0.6) is 0 Å². The fraction of sp³-hybridized carbons (Fsp3) is 0.200. The summed E-state index contributed by atoms with van der Waals surface area (Å²) in [5.41, 5.74) is 3.76. The van der Waals surface area contributed by atoms with Crippen molar-refractivity contribution in [1.29, 1.82) is 0 Å². The zero-order chi connectivity index (χ0) is 13.7. The van der Waals surface area contributed by atoms with Gasteiger partial charge in [0, 0.05) is 11.6 Å². The first kappa shape index (κ1) is 13.6. The van der Waals surface area contributed by atoms with Crippen molar-refractivity contribution >= 4 is 0 Å². The van der Waals surface area contributed by atoms with E-state index in [0.717, 1.165) is 5.56 Å². The van der Waals surface area contributed by atoms with Gasteiger partial charge < -0.3 is 0 Å². The predicted octanol–water partition coefficient (Wildman–Crippen LogP) is 2.58. The van der Waals surface area contributed by atoms with Crippen LogP contribution in [0.25, 0.3) is 0 Å². The molecule has 0 bridgehead atoms. The molecule has 0 aliphatic rings. The van der Waals surface area contributed by atoms with Crippen LogP contribution in [0.3, 0.4) is 0 Å². The normalized spacial score (nSPS) is 12.4. The summed E-state index contributed by atoms with van der Waals surface area (Å²) in [5.74, 6) is 4.41. The van der Waals surface area contributed by atoms with Gasteiger partial charge in [0.15, 0.2) is 0 Å². The lowest BCUT2D eigenvalue weighted by molar-refractivity contribution is 0.484. The van der Waals surface area contributed by atoms with E-state index >= 15 is 0 Å².